The summed E-state index contributed by atoms with van der Waals surface area (Å²) >= 11 is 0. The Labute approximate surface area is 137 Å². The first kappa shape index (κ1) is 15.3. The zero-order valence-electron chi connectivity index (χ0n) is 13.3. The van der Waals surface area contributed by atoms with Crippen molar-refractivity contribution in [3.63, 3.8) is 0 Å². The number of hydrogen-bond acceptors (Lipinski definition) is 5. The van der Waals surface area contributed by atoms with Crippen LogP contribution in [-0.2, 0) is 19.8 Å². The summed E-state index contributed by atoms with van der Waals surface area (Å²) in [6, 6.07) is 9.11. The fraction of sp³-hybridized carbons (Fsp3) is 0.562. The van der Waals surface area contributed by atoms with E-state index in [1.807, 2.05) is 18.5 Å². The molecule has 1 aromatic heterocycles. The van der Waals surface area contributed by atoms with Gasteiger partial charge in [0.05, 0.1) is 37.2 Å². The predicted molar refractivity (Wildman–Crippen MR) is 89.2 cm³/mol. The normalized spacial score (nSPS) is 28.4. The maximum Gasteiger partial charge on any atom is 0.501 e. The molecule has 2 bridgehead atoms. The maximum atomic E-state index is 6.08. The molecule has 4 heterocycles. The lowest BCUT2D eigenvalue weighted by atomic mass is 10.3. The van der Waals surface area contributed by atoms with E-state index in [-0.39, 0.29) is 0 Å². The largest absolute Gasteiger partial charge is 0.501 e. The van der Waals surface area contributed by atoms with E-state index >= 15 is 0 Å². The smallest absolute Gasteiger partial charge is 0.372 e. The van der Waals surface area contributed by atoms with Gasteiger partial charge in [0.1, 0.15) is 0 Å². The molecule has 3 aliphatic rings. The highest BCUT2D eigenvalue weighted by Crippen LogP contribution is 2.23. The second-order valence-corrected chi connectivity index (χ2v) is 8.83. The Kier molecular flexibility index (Phi) is 4.45. The fourth-order valence-electron chi connectivity index (χ4n) is 3.32. The van der Waals surface area contributed by atoms with Crippen LogP contribution in [0.1, 0.15) is 6.42 Å². The standard InChI is InChI=1S/C16H23N3O3Si/c1-2-5-16-15(4-1)17-14-19(16)6-3-13-23-20-10-7-18(8-11-21-23)9-12-22-23/h1-2,4-5,14H,3,6-13H2. The van der Waals surface area contributed by atoms with Crippen LogP contribution in [0.2, 0.25) is 6.04 Å². The number of imidazole rings is 1. The molecule has 2 aromatic rings. The third kappa shape index (κ3) is 3.34. The molecule has 0 radical (unpaired) electrons. The number of para-hydroxylation sites is 2. The van der Waals surface area contributed by atoms with Gasteiger partial charge in [-0.25, -0.2) is 4.98 Å². The number of nitrogens with zero attached hydrogens (tertiary/aromatic N) is 3. The first-order valence-corrected chi connectivity index (χ1v) is 10.3. The summed E-state index contributed by atoms with van der Waals surface area (Å²) in [7, 11) is -2.49. The summed E-state index contributed by atoms with van der Waals surface area (Å²) in [5, 5.41) is 0. The van der Waals surface area contributed by atoms with Crippen LogP contribution in [0.15, 0.2) is 30.6 Å². The molecule has 0 N–H and O–H groups in total. The number of rotatable bonds is 4. The molecule has 124 valence electrons. The summed E-state index contributed by atoms with van der Waals surface area (Å²) in [4.78, 5) is 6.79. The van der Waals surface area contributed by atoms with Crippen LogP contribution >= 0.6 is 0 Å². The number of benzene rings is 1. The summed E-state index contributed by atoms with van der Waals surface area (Å²) in [6.07, 6.45) is 2.90. The third-order valence-corrected chi connectivity index (χ3v) is 7.50. The highest BCUT2D eigenvalue weighted by atomic mass is 28.4. The Morgan fingerprint density at radius 2 is 1.70 bits per heavy atom. The predicted octanol–water partition coefficient (Wildman–Crippen LogP) is 1.74. The number of fused-ring (bicyclic) bond motifs is 7. The van der Waals surface area contributed by atoms with E-state index < -0.39 is 8.80 Å². The van der Waals surface area contributed by atoms with Crippen molar-refractivity contribution in [3.8, 4) is 0 Å². The zero-order chi connectivity index (χ0) is 15.5. The Hall–Kier alpha value is -1.25. The Morgan fingerprint density at radius 1 is 1.00 bits per heavy atom. The highest BCUT2D eigenvalue weighted by Gasteiger charge is 2.43. The molecule has 6 nitrogen and oxygen atoms in total. The molecule has 0 unspecified atom stereocenters. The molecule has 5 rings (SSSR count). The average molecular weight is 333 g/mol. The molecule has 0 aliphatic carbocycles. The van der Waals surface area contributed by atoms with E-state index in [9.17, 15) is 0 Å². The van der Waals surface area contributed by atoms with Crippen LogP contribution in [0, 0.1) is 0 Å². The van der Waals surface area contributed by atoms with Crippen molar-refractivity contribution in [2.45, 2.75) is 19.0 Å². The monoisotopic (exact) mass is 333 g/mol. The average Bonchev–Trinajstić information content (AvgIpc) is 2.91. The number of aromatic nitrogens is 2. The van der Waals surface area contributed by atoms with Gasteiger partial charge >= 0.3 is 8.80 Å². The van der Waals surface area contributed by atoms with Crippen molar-refractivity contribution < 1.29 is 13.3 Å². The molecular weight excluding hydrogens is 310 g/mol. The van der Waals surface area contributed by atoms with E-state index in [1.165, 1.54) is 5.52 Å². The Balaban J connectivity index is 1.41. The molecule has 3 saturated heterocycles. The van der Waals surface area contributed by atoms with Crippen molar-refractivity contribution in [2.75, 3.05) is 39.5 Å². The second kappa shape index (κ2) is 6.70. The van der Waals surface area contributed by atoms with Gasteiger partial charge in [0, 0.05) is 32.2 Å². The summed E-state index contributed by atoms with van der Waals surface area (Å²) in [5.41, 5.74) is 2.23. The molecule has 0 amide bonds. The zero-order valence-corrected chi connectivity index (χ0v) is 14.3. The van der Waals surface area contributed by atoms with Crippen LogP contribution in [-0.4, -0.2) is 62.7 Å². The van der Waals surface area contributed by atoms with Crippen molar-refractivity contribution in [3.05, 3.63) is 30.6 Å². The molecule has 0 spiro atoms. The second-order valence-electron chi connectivity index (χ2n) is 6.10. The molecule has 0 atom stereocenters. The van der Waals surface area contributed by atoms with E-state index in [0.717, 1.165) is 64.0 Å². The SMILES string of the molecule is c1ccc2c(c1)ncn2CCC[Si]12OCCN(CCO1)CCO2. The quantitative estimate of drug-likeness (QED) is 0.798. The molecule has 3 aliphatic heterocycles. The van der Waals surface area contributed by atoms with E-state index in [2.05, 4.69) is 26.6 Å². The van der Waals surface area contributed by atoms with Gasteiger partial charge < -0.3 is 17.8 Å². The summed E-state index contributed by atoms with van der Waals surface area (Å²) < 4.78 is 20.4. The number of aryl methyl sites for hydroxylation is 1. The van der Waals surface area contributed by atoms with E-state index in [4.69, 9.17) is 13.3 Å². The first-order valence-electron chi connectivity index (χ1n) is 8.39. The van der Waals surface area contributed by atoms with Gasteiger partial charge in [-0.15, -0.1) is 0 Å². The third-order valence-electron chi connectivity index (χ3n) is 4.60. The van der Waals surface area contributed by atoms with Crippen molar-refractivity contribution in [1.29, 1.82) is 0 Å². The molecule has 3 fully saturated rings. The van der Waals surface area contributed by atoms with Gasteiger partial charge in [0.25, 0.3) is 0 Å². The lowest BCUT2D eigenvalue weighted by molar-refractivity contribution is -0.00865. The van der Waals surface area contributed by atoms with Crippen LogP contribution in [0.3, 0.4) is 0 Å². The van der Waals surface area contributed by atoms with Crippen molar-refractivity contribution >= 4 is 19.8 Å². The summed E-state index contributed by atoms with van der Waals surface area (Å²) in [5.74, 6) is 0. The Morgan fingerprint density at radius 3 is 2.43 bits per heavy atom. The molecule has 7 heteroatoms. The van der Waals surface area contributed by atoms with Crippen molar-refractivity contribution in [2.24, 2.45) is 0 Å². The lowest BCUT2D eigenvalue weighted by Crippen LogP contribution is -2.55. The van der Waals surface area contributed by atoms with Gasteiger partial charge in [-0.05, 0) is 18.6 Å². The molecule has 1 aromatic carbocycles. The minimum Gasteiger partial charge on any atom is -0.372 e. The van der Waals surface area contributed by atoms with Crippen LogP contribution in [0.25, 0.3) is 11.0 Å². The van der Waals surface area contributed by atoms with E-state index in [1.54, 1.807) is 0 Å². The summed E-state index contributed by atoms with van der Waals surface area (Å²) in [6.45, 7) is 6.06. The van der Waals surface area contributed by atoms with Crippen LogP contribution in [0.5, 0.6) is 0 Å². The fourth-order valence-corrected chi connectivity index (χ4v) is 5.80. The Bertz CT molecular complexity index is 636. The van der Waals surface area contributed by atoms with Crippen molar-refractivity contribution in [1.82, 2.24) is 14.5 Å². The lowest BCUT2D eigenvalue weighted by Gasteiger charge is -2.38. The van der Waals surface area contributed by atoms with Gasteiger partial charge in [-0.1, -0.05) is 12.1 Å². The van der Waals surface area contributed by atoms with Gasteiger partial charge in [-0.2, -0.15) is 0 Å². The molecule has 23 heavy (non-hydrogen) atoms. The minimum absolute atomic E-state index is 0.722. The molecular formula is C16H23N3O3Si. The van der Waals surface area contributed by atoms with Crippen LogP contribution < -0.4 is 0 Å². The highest BCUT2D eigenvalue weighted by molar-refractivity contribution is 6.60. The number of hydrogen-bond donors (Lipinski definition) is 0. The van der Waals surface area contributed by atoms with Crippen LogP contribution in [0.4, 0.5) is 0 Å². The van der Waals surface area contributed by atoms with Gasteiger partial charge in [0.15, 0.2) is 0 Å². The first-order chi connectivity index (χ1) is 11.3. The maximum absolute atomic E-state index is 6.08. The topological polar surface area (TPSA) is 48.8 Å². The molecule has 0 saturated carbocycles. The minimum atomic E-state index is -2.49. The van der Waals surface area contributed by atoms with E-state index in [0.29, 0.717) is 0 Å². The van der Waals surface area contributed by atoms with Gasteiger partial charge in [-0.3, -0.25) is 4.90 Å². The van der Waals surface area contributed by atoms with Gasteiger partial charge in [0.2, 0.25) is 0 Å².